The fourth-order valence-corrected chi connectivity index (χ4v) is 3.24. The van der Waals surface area contributed by atoms with Crippen molar-refractivity contribution >= 4 is 17.8 Å². The highest BCUT2D eigenvalue weighted by Crippen LogP contribution is 2.48. The number of likely N-dealkylation sites (N-methyl/N-ethyl adjacent to an activating group) is 1. The molecule has 0 aliphatic heterocycles. The molecule has 19 heavy (non-hydrogen) atoms. The molecule has 2 aliphatic rings. The SMILES string of the molecule is CCN(CC(N)=O)C(=O)[C@H]1C2C=CC(C2)[C@H]1C(=O)O. The van der Waals surface area contributed by atoms with E-state index >= 15 is 0 Å². The van der Waals surface area contributed by atoms with E-state index in [1.165, 1.54) is 4.90 Å². The summed E-state index contributed by atoms with van der Waals surface area (Å²) in [5.74, 6) is -3.13. The summed E-state index contributed by atoms with van der Waals surface area (Å²) in [5, 5.41) is 9.29. The Balaban J connectivity index is 2.19. The summed E-state index contributed by atoms with van der Waals surface area (Å²) in [7, 11) is 0. The Hall–Kier alpha value is -1.85. The molecule has 2 aliphatic carbocycles. The van der Waals surface area contributed by atoms with Gasteiger partial charge in [-0.05, 0) is 25.2 Å². The van der Waals surface area contributed by atoms with E-state index in [1.807, 2.05) is 12.2 Å². The first-order chi connectivity index (χ1) is 8.95. The van der Waals surface area contributed by atoms with Gasteiger partial charge in [-0.2, -0.15) is 0 Å². The molecule has 2 rings (SSSR count). The molecule has 2 bridgehead atoms. The van der Waals surface area contributed by atoms with Crippen molar-refractivity contribution in [3.8, 4) is 0 Å². The molecule has 0 heterocycles. The fraction of sp³-hybridized carbons (Fsp3) is 0.615. The molecule has 0 spiro atoms. The van der Waals surface area contributed by atoms with Crippen LogP contribution in [0.3, 0.4) is 0 Å². The molecular weight excluding hydrogens is 248 g/mol. The number of nitrogens with two attached hydrogens (primary N) is 1. The zero-order valence-corrected chi connectivity index (χ0v) is 10.8. The van der Waals surface area contributed by atoms with Crippen LogP contribution >= 0.6 is 0 Å². The molecule has 3 N–H and O–H groups in total. The van der Waals surface area contributed by atoms with Gasteiger partial charge in [0.1, 0.15) is 0 Å². The second-order valence-electron chi connectivity index (χ2n) is 5.16. The molecule has 2 unspecified atom stereocenters. The maximum Gasteiger partial charge on any atom is 0.307 e. The number of allylic oxidation sites excluding steroid dienone is 2. The number of carbonyl (C=O) groups is 3. The quantitative estimate of drug-likeness (QED) is 0.675. The molecule has 0 saturated heterocycles. The third kappa shape index (κ3) is 2.34. The molecule has 1 fully saturated rings. The van der Waals surface area contributed by atoms with Gasteiger partial charge in [-0.3, -0.25) is 14.4 Å². The molecule has 0 aromatic rings. The molecule has 4 atom stereocenters. The Bertz CT molecular complexity index is 446. The van der Waals surface area contributed by atoms with Gasteiger partial charge in [-0.1, -0.05) is 12.2 Å². The Morgan fingerprint density at radius 3 is 2.32 bits per heavy atom. The van der Waals surface area contributed by atoms with Crippen molar-refractivity contribution in [3.63, 3.8) is 0 Å². The van der Waals surface area contributed by atoms with Crippen LogP contribution in [0.15, 0.2) is 12.2 Å². The van der Waals surface area contributed by atoms with Gasteiger partial charge in [0.15, 0.2) is 0 Å². The number of carboxylic acid groups (broad SMARTS) is 1. The van der Waals surface area contributed by atoms with Gasteiger partial charge in [0, 0.05) is 6.54 Å². The molecular formula is C13H18N2O4. The zero-order chi connectivity index (χ0) is 14.2. The van der Waals surface area contributed by atoms with Crippen molar-refractivity contribution in [3.05, 3.63) is 12.2 Å². The molecule has 104 valence electrons. The summed E-state index contributed by atoms with van der Waals surface area (Å²) in [6.07, 6.45) is 4.52. The van der Waals surface area contributed by atoms with Crippen molar-refractivity contribution in [1.82, 2.24) is 4.90 Å². The summed E-state index contributed by atoms with van der Waals surface area (Å²) in [4.78, 5) is 36.1. The topological polar surface area (TPSA) is 101 Å². The predicted octanol–water partition coefficient (Wildman–Crippen LogP) is -0.157. The van der Waals surface area contributed by atoms with Crippen LogP contribution in [0.4, 0.5) is 0 Å². The predicted molar refractivity (Wildman–Crippen MR) is 66.8 cm³/mol. The van der Waals surface area contributed by atoms with Gasteiger partial charge >= 0.3 is 5.97 Å². The number of amides is 2. The Morgan fingerprint density at radius 2 is 1.84 bits per heavy atom. The number of nitrogens with zero attached hydrogens (tertiary/aromatic N) is 1. The number of rotatable bonds is 5. The van der Waals surface area contributed by atoms with Gasteiger partial charge in [-0.15, -0.1) is 0 Å². The van der Waals surface area contributed by atoms with E-state index in [2.05, 4.69) is 0 Å². The smallest absolute Gasteiger partial charge is 0.307 e. The lowest BCUT2D eigenvalue weighted by Crippen LogP contribution is -2.45. The minimum atomic E-state index is -0.940. The Morgan fingerprint density at radius 1 is 1.26 bits per heavy atom. The largest absolute Gasteiger partial charge is 0.481 e. The van der Waals surface area contributed by atoms with Crippen molar-refractivity contribution in [1.29, 1.82) is 0 Å². The van der Waals surface area contributed by atoms with Crippen LogP contribution in [-0.2, 0) is 14.4 Å². The van der Waals surface area contributed by atoms with Gasteiger partial charge in [-0.25, -0.2) is 0 Å². The number of carbonyl (C=O) groups excluding carboxylic acids is 2. The molecule has 6 heteroatoms. The van der Waals surface area contributed by atoms with Crippen LogP contribution in [0.25, 0.3) is 0 Å². The first-order valence-corrected chi connectivity index (χ1v) is 6.44. The van der Waals surface area contributed by atoms with Crippen molar-refractivity contribution in [2.75, 3.05) is 13.1 Å². The molecule has 2 amide bonds. The summed E-state index contributed by atoms with van der Waals surface area (Å²) >= 11 is 0. The highest BCUT2D eigenvalue weighted by molar-refractivity contribution is 5.89. The third-order valence-corrected chi connectivity index (χ3v) is 4.07. The highest BCUT2D eigenvalue weighted by Gasteiger charge is 2.52. The van der Waals surface area contributed by atoms with Gasteiger partial charge in [0.25, 0.3) is 0 Å². The monoisotopic (exact) mass is 266 g/mol. The number of hydrogen-bond donors (Lipinski definition) is 2. The number of hydrogen-bond acceptors (Lipinski definition) is 3. The van der Waals surface area contributed by atoms with Crippen LogP contribution in [0.5, 0.6) is 0 Å². The number of primary amides is 1. The van der Waals surface area contributed by atoms with E-state index in [4.69, 9.17) is 5.73 Å². The van der Waals surface area contributed by atoms with Crippen molar-refractivity contribution in [2.45, 2.75) is 13.3 Å². The fourth-order valence-electron chi connectivity index (χ4n) is 3.24. The van der Waals surface area contributed by atoms with Crippen molar-refractivity contribution in [2.24, 2.45) is 29.4 Å². The maximum absolute atomic E-state index is 12.4. The van der Waals surface area contributed by atoms with Crippen LogP contribution in [0.2, 0.25) is 0 Å². The van der Waals surface area contributed by atoms with Crippen LogP contribution in [0, 0.1) is 23.7 Å². The van der Waals surface area contributed by atoms with Gasteiger partial charge in [0.2, 0.25) is 11.8 Å². The van der Waals surface area contributed by atoms with E-state index in [1.54, 1.807) is 6.92 Å². The maximum atomic E-state index is 12.4. The first kappa shape index (κ1) is 13.6. The minimum Gasteiger partial charge on any atom is -0.481 e. The standard InChI is InChI=1S/C13H18N2O4/c1-2-15(6-9(14)16)12(17)10-7-3-4-8(5-7)11(10)13(18)19/h3-4,7-8,10-11H,2,5-6H2,1H3,(H2,14,16)(H,18,19)/t7?,8?,10-,11+/m0/s1. The number of fused-ring (bicyclic) bond motifs is 2. The van der Waals surface area contributed by atoms with E-state index in [9.17, 15) is 19.5 Å². The van der Waals surface area contributed by atoms with E-state index in [0.29, 0.717) is 13.0 Å². The van der Waals surface area contributed by atoms with Gasteiger partial charge in [0.05, 0.1) is 18.4 Å². The lowest BCUT2D eigenvalue weighted by Gasteiger charge is -2.29. The average Bonchev–Trinajstić information content (AvgIpc) is 2.94. The highest BCUT2D eigenvalue weighted by atomic mass is 16.4. The average molecular weight is 266 g/mol. The third-order valence-electron chi connectivity index (χ3n) is 4.07. The van der Waals surface area contributed by atoms with Crippen LogP contribution < -0.4 is 5.73 Å². The Kier molecular flexibility index (Phi) is 3.59. The van der Waals surface area contributed by atoms with Crippen molar-refractivity contribution < 1.29 is 19.5 Å². The summed E-state index contributed by atoms with van der Waals surface area (Å²) in [6, 6.07) is 0. The zero-order valence-electron chi connectivity index (χ0n) is 10.8. The van der Waals surface area contributed by atoms with Crippen LogP contribution in [-0.4, -0.2) is 40.9 Å². The van der Waals surface area contributed by atoms with E-state index < -0.39 is 23.7 Å². The lowest BCUT2D eigenvalue weighted by molar-refractivity contribution is -0.151. The number of aliphatic carboxylic acids is 1. The molecule has 1 saturated carbocycles. The molecule has 6 nitrogen and oxygen atoms in total. The second kappa shape index (κ2) is 5.03. The lowest BCUT2D eigenvalue weighted by atomic mass is 9.82. The number of carboxylic acids is 1. The minimum absolute atomic E-state index is 0.0273. The van der Waals surface area contributed by atoms with E-state index in [-0.39, 0.29) is 24.3 Å². The van der Waals surface area contributed by atoms with E-state index in [0.717, 1.165) is 0 Å². The summed E-state index contributed by atoms with van der Waals surface area (Å²) in [6.45, 7) is 1.95. The summed E-state index contributed by atoms with van der Waals surface area (Å²) < 4.78 is 0. The second-order valence-corrected chi connectivity index (χ2v) is 5.16. The Labute approximate surface area is 111 Å². The molecule has 0 radical (unpaired) electrons. The molecule has 0 aromatic carbocycles. The van der Waals surface area contributed by atoms with Gasteiger partial charge < -0.3 is 15.7 Å². The summed E-state index contributed by atoms with van der Waals surface area (Å²) in [5.41, 5.74) is 5.11. The first-order valence-electron chi connectivity index (χ1n) is 6.44. The normalized spacial score (nSPS) is 31.4. The molecule has 0 aromatic heterocycles. The van der Waals surface area contributed by atoms with Crippen LogP contribution in [0.1, 0.15) is 13.3 Å².